The van der Waals surface area contributed by atoms with E-state index in [4.69, 9.17) is 0 Å². The number of benzene rings is 1. The van der Waals surface area contributed by atoms with Crippen LogP contribution in [0.2, 0.25) is 0 Å². The van der Waals surface area contributed by atoms with Crippen molar-refractivity contribution in [1.82, 2.24) is 10.3 Å². The van der Waals surface area contributed by atoms with Crippen LogP contribution in [0.5, 0.6) is 0 Å². The molecule has 6 nitrogen and oxygen atoms in total. The third-order valence-corrected chi connectivity index (χ3v) is 2.99. The van der Waals surface area contributed by atoms with Crippen molar-refractivity contribution in [3.8, 4) is 0 Å². The zero-order valence-electron chi connectivity index (χ0n) is 11.4. The fourth-order valence-electron chi connectivity index (χ4n) is 2.05. The first-order chi connectivity index (χ1) is 9.74. The van der Waals surface area contributed by atoms with Crippen LogP contribution in [0, 0.1) is 10.1 Å². The van der Waals surface area contributed by atoms with E-state index in [0.717, 1.165) is 37.1 Å². The van der Waals surface area contributed by atoms with Gasteiger partial charge in [-0.2, -0.15) is 0 Å². The number of hydrogen-bond acceptors (Lipinski definition) is 5. The molecular formula is C14H18N4O2. The highest BCUT2D eigenvalue weighted by Crippen LogP contribution is 2.28. The van der Waals surface area contributed by atoms with Crippen molar-refractivity contribution in [3.05, 3.63) is 40.6 Å². The minimum absolute atomic E-state index is 0.0373. The fourth-order valence-corrected chi connectivity index (χ4v) is 2.05. The summed E-state index contributed by atoms with van der Waals surface area (Å²) in [5.74, 6) is 0. The van der Waals surface area contributed by atoms with Crippen LogP contribution in [0.1, 0.15) is 13.3 Å². The Labute approximate surface area is 117 Å². The Morgan fingerprint density at radius 2 is 2.10 bits per heavy atom. The van der Waals surface area contributed by atoms with E-state index in [1.807, 2.05) is 12.1 Å². The van der Waals surface area contributed by atoms with Gasteiger partial charge in [-0.05, 0) is 19.0 Å². The van der Waals surface area contributed by atoms with Gasteiger partial charge in [0.2, 0.25) is 0 Å². The summed E-state index contributed by atoms with van der Waals surface area (Å²) in [6, 6.07) is 6.84. The minimum atomic E-state index is -0.401. The number of anilines is 1. The molecule has 2 aromatic rings. The van der Waals surface area contributed by atoms with E-state index in [1.54, 1.807) is 12.3 Å². The van der Waals surface area contributed by atoms with Gasteiger partial charge in [0.15, 0.2) is 0 Å². The lowest BCUT2D eigenvalue weighted by Crippen LogP contribution is -2.22. The van der Waals surface area contributed by atoms with Crippen LogP contribution in [0.25, 0.3) is 10.9 Å². The number of aromatic nitrogens is 1. The van der Waals surface area contributed by atoms with Gasteiger partial charge in [-0.25, -0.2) is 4.98 Å². The molecule has 0 amide bonds. The molecule has 0 saturated heterocycles. The van der Waals surface area contributed by atoms with E-state index in [9.17, 15) is 10.1 Å². The molecule has 0 aliphatic heterocycles. The van der Waals surface area contributed by atoms with Crippen LogP contribution in [-0.2, 0) is 0 Å². The molecule has 0 bridgehead atoms. The van der Waals surface area contributed by atoms with Crippen LogP contribution in [0.15, 0.2) is 30.5 Å². The lowest BCUT2D eigenvalue weighted by molar-refractivity contribution is -0.383. The van der Waals surface area contributed by atoms with Gasteiger partial charge < -0.3 is 10.6 Å². The van der Waals surface area contributed by atoms with Gasteiger partial charge in [0.05, 0.1) is 4.92 Å². The largest absolute Gasteiger partial charge is 0.383 e. The Hall–Kier alpha value is -2.21. The maximum Gasteiger partial charge on any atom is 0.295 e. The first-order valence-electron chi connectivity index (χ1n) is 6.70. The molecule has 6 heteroatoms. The normalized spacial score (nSPS) is 10.7. The van der Waals surface area contributed by atoms with Crippen molar-refractivity contribution in [1.29, 1.82) is 0 Å². The van der Waals surface area contributed by atoms with Gasteiger partial charge in [-0.1, -0.05) is 19.1 Å². The van der Waals surface area contributed by atoms with Crippen molar-refractivity contribution in [2.45, 2.75) is 13.3 Å². The monoisotopic (exact) mass is 274 g/mol. The van der Waals surface area contributed by atoms with Gasteiger partial charge in [-0.3, -0.25) is 10.1 Å². The first kappa shape index (κ1) is 14.2. The summed E-state index contributed by atoms with van der Waals surface area (Å²) in [5, 5.41) is 18.4. The quantitative estimate of drug-likeness (QED) is 0.461. The van der Waals surface area contributed by atoms with E-state index >= 15 is 0 Å². The summed E-state index contributed by atoms with van der Waals surface area (Å²) in [6.07, 6.45) is 2.70. The first-order valence-corrected chi connectivity index (χ1v) is 6.70. The zero-order valence-corrected chi connectivity index (χ0v) is 11.4. The molecule has 20 heavy (non-hydrogen) atoms. The van der Waals surface area contributed by atoms with E-state index in [-0.39, 0.29) is 5.69 Å². The predicted molar refractivity (Wildman–Crippen MR) is 80.0 cm³/mol. The van der Waals surface area contributed by atoms with E-state index < -0.39 is 4.92 Å². The lowest BCUT2D eigenvalue weighted by Gasteiger charge is -2.09. The zero-order chi connectivity index (χ0) is 14.4. The molecule has 0 spiro atoms. The number of pyridine rings is 1. The lowest BCUT2D eigenvalue weighted by atomic mass is 10.1. The molecule has 0 radical (unpaired) electrons. The van der Waals surface area contributed by atoms with Crippen molar-refractivity contribution >= 4 is 22.3 Å². The summed E-state index contributed by atoms with van der Waals surface area (Å²) in [6.45, 7) is 4.73. The van der Waals surface area contributed by atoms with E-state index in [0.29, 0.717) is 5.52 Å². The van der Waals surface area contributed by atoms with E-state index in [1.165, 1.54) is 6.07 Å². The topological polar surface area (TPSA) is 80.1 Å². The molecule has 0 aliphatic rings. The van der Waals surface area contributed by atoms with Gasteiger partial charge in [0.25, 0.3) is 5.69 Å². The molecule has 106 valence electrons. The number of non-ortho nitro benzene ring substituents is 1. The smallest absolute Gasteiger partial charge is 0.295 e. The average molecular weight is 274 g/mol. The Morgan fingerprint density at radius 1 is 1.25 bits per heavy atom. The van der Waals surface area contributed by atoms with Crippen LogP contribution >= 0.6 is 0 Å². The number of para-hydroxylation sites is 1. The maximum atomic E-state index is 11.0. The third-order valence-electron chi connectivity index (χ3n) is 2.99. The summed E-state index contributed by atoms with van der Waals surface area (Å²) < 4.78 is 0. The van der Waals surface area contributed by atoms with Gasteiger partial charge in [0.1, 0.15) is 5.52 Å². The van der Waals surface area contributed by atoms with Crippen LogP contribution in [0.3, 0.4) is 0 Å². The highest BCUT2D eigenvalue weighted by molar-refractivity contribution is 5.96. The highest BCUT2D eigenvalue weighted by atomic mass is 16.6. The Balaban J connectivity index is 2.18. The Kier molecular flexibility index (Phi) is 4.84. The number of nitro benzene ring substituents is 1. The summed E-state index contributed by atoms with van der Waals surface area (Å²) in [7, 11) is 0. The molecule has 0 unspecified atom stereocenters. The van der Waals surface area contributed by atoms with Gasteiger partial charge in [0, 0.05) is 36.4 Å². The highest BCUT2D eigenvalue weighted by Gasteiger charge is 2.13. The second-order valence-electron chi connectivity index (χ2n) is 4.47. The minimum Gasteiger partial charge on any atom is -0.383 e. The summed E-state index contributed by atoms with van der Waals surface area (Å²) in [4.78, 5) is 14.7. The molecule has 1 aromatic heterocycles. The third kappa shape index (κ3) is 3.21. The van der Waals surface area contributed by atoms with Crippen molar-refractivity contribution in [3.63, 3.8) is 0 Å². The SMILES string of the molecule is CCCNCCNc1ccnc2c([N+](=O)[O-])cccc12. The van der Waals surface area contributed by atoms with Crippen molar-refractivity contribution in [2.24, 2.45) is 0 Å². The molecule has 1 heterocycles. The van der Waals surface area contributed by atoms with Crippen molar-refractivity contribution in [2.75, 3.05) is 25.0 Å². The van der Waals surface area contributed by atoms with Gasteiger partial charge in [-0.15, -0.1) is 0 Å². The van der Waals surface area contributed by atoms with Crippen LogP contribution < -0.4 is 10.6 Å². The number of nitro groups is 1. The maximum absolute atomic E-state index is 11.0. The van der Waals surface area contributed by atoms with Crippen LogP contribution in [-0.4, -0.2) is 29.5 Å². The second-order valence-corrected chi connectivity index (χ2v) is 4.47. The van der Waals surface area contributed by atoms with Crippen molar-refractivity contribution < 1.29 is 4.92 Å². The molecular weight excluding hydrogens is 256 g/mol. The molecule has 0 aliphatic carbocycles. The molecule has 0 atom stereocenters. The molecule has 2 rings (SSSR count). The number of rotatable bonds is 7. The fraction of sp³-hybridized carbons (Fsp3) is 0.357. The van der Waals surface area contributed by atoms with Gasteiger partial charge >= 0.3 is 0 Å². The Bertz CT molecular complexity index is 601. The summed E-state index contributed by atoms with van der Waals surface area (Å²) in [5.41, 5.74) is 1.33. The predicted octanol–water partition coefficient (Wildman–Crippen LogP) is 2.55. The Morgan fingerprint density at radius 3 is 2.85 bits per heavy atom. The number of fused-ring (bicyclic) bond motifs is 1. The molecule has 0 fully saturated rings. The molecule has 2 N–H and O–H groups in total. The number of nitrogens with one attached hydrogen (secondary N) is 2. The number of nitrogens with zero attached hydrogens (tertiary/aromatic N) is 2. The van der Waals surface area contributed by atoms with Crippen LogP contribution in [0.4, 0.5) is 11.4 Å². The standard InChI is InChI=1S/C14H18N4O2/c1-2-7-15-9-10-16-12-6-8-17-14-11(12)4-3-5-13(14)18(19)20/h3-6,8,15H,2,7,9-10H2,1H3,(H,16,17). The number of hydrogen-bond donors (Lipinski definition) is 2. The molecule has 0 saturated carbocycles. The molecule has 1 aromatic carbocycles. The van der Waals surface area contributed by atoms with E-state index in [2.05, 4.69) is 22.5 Å². The average Bonchev–Trinajstić information content (AvgIpc) is 2.46. The summed E-state index contributed by atoms with van der Waals surface area (Å²) >= 11 is 0. The second kappa shape index (κ2) is 6.81.